The predicted octanol–water partition coefficient (Wildman–Crippen LogP) is 0.213. The lowest BCUT2D eigenvalue weighted by Gasteiger charge is -2.34. The summed E-state index contributed by atoms with van der Waals surface area (Å²) in [6.07, 6.45) is 2.86. The third kappa shape index (κ3) is 3.41. The van der Waals surface area contributed by atoms with Gasteiger partial charge in [0.05, 0.1) is 6.10 Å². The van der Waals surface area contributed by atoms with E-state index in [1.54, 1.807) is 0 Å². The average Bonchev–Trinajstić information content (AvgIpc) is 2.36. The molecule has 0 saturated heterocycles. The van der Waals surface area contributed by atoms with E-state index in [-0.39, 0.29) is 17.0 Å². The largest absolute Gasteiger partial charge is 0.378 e. The van der Waals surface area contributed by atoms with E-state index in [9.17, 15) is 8.42 Å². The molecule has 0 aliphatic heterocycles. The van der Waals surface area contributed by atoms with Gasteiger partial charge in [-0.3, -0.25) is 0 Å². The number of nitrogens with zero attached hydrogens (tertiary/aromatic N) is 1. The fourth-order valence-electron chi connectivity index (χ4n) is 1.95. The summed E-state index contributed by atoms with van der Waals surface area (Å²) in [6, 6.07) is 2.91. The molecule has 2 rings (SSSR count). The number of hydrogen-bond donors (Lipinski definition) is 3. The van der Waals surface area contributed by atoms with Gasteiger partial charge >= 0.3 is 0 Å². The van der Waals surface area contributed by atoms with E-state index >= 15 is 0 Å². The van der Waals surface area contributed by atoms with Gasteiger partial charge in [-0.25, -0.2) is 24.0 Å². The van der Waals surface area contributed by atoms with Gasteiger partial charge in [-0.15, -0.1) is 0 Å². The van der Waals surface area contributed by atoms with Crippen LogP contribution >= 0.6 is 0 Å². The minimum atomic E-state index is -3.52. The summed E-state index contributed by atoms with van der Waals surface area (Å²) in [5.41, 5.74) is 2.35. The molecule has 0 aromatic carbocycles. The summed E-state index contributed by atoms with van der Waals surface area (Å²) in [5.74, 6) is 5.59. The molecule has 0 amide bonds. The third-order valence-corrected chi connectivity index (χ3v) is 4.52. The molecule has 19 heavy (non-hydrogen) atoms. The fraction of sp³-hybridized carbons (Fsp3) is 0.545. The maximum absolute atomic E-state index is 12.1. The van der Waals surface area contributed by atoms with Gasteiger partial charge in [0, 0.05) is 18.8 Å². The Balaban J connectivity index is 1.95. The van der Waals surface area contributed by atoms with Gasteiger partial charge in [0.2, 0.25) is 10.0 Å². The maximum Gasteiger partial charge on any atom is 0.242 e. The number of pyridine rings is 1. The Morgan fingerprint density at radius 1 is 1.47 bits per heavy atom. The van der Waals surface area contributed by atoms with Gasteiger partial charge in [0.1, 0.15) is 10.7 Å². The molecule has 0 atom stereocenters. The quantitative estimate of drug-likeness (QED) is 0.510. The van der Waals surface area contributed by atoms with Crippen LogP contribution in [0.2, 0.25) is 0 Å². The van der Waals surface area contributed by atoms with Crippen LogP contribution < -0.4 is 16.0 Å². The number of nitrogen functional groups attached to an aromatic ring is 1. The lowest BCUT2D eigenvalue weighted by molar-refractivity contribution is -0.00475. The van der Waals surface area contributed by atoms with E-state index in [0.29, 0.717) is 25.3 Å². The summed E-state index contributed by atoms with van der Waals surface area (Å²) < 4.78 is 32.1. The smallest absolute Gasteiger partial charge is 0.242 e. The van der Waals surface area contributed by atoms with Crippen LogP contribution in [-0.2, 0) is 14.8 Å². The van der Waals surface area contributed by atoms with E-state index in [1.165, 1.54) is 18.3 Å². The van der Waals surface area contributed by atoms with Crippen LogP contribution in [0, 0.1) is 0 Å². The predicted molar refractivity (Wildman–Crippen MR) is 70.8 cm³/mol. The first kappa shape index (κ1) is 14.2. The summed E-state index contributed by atoms with van der Waals surface area (Å²) >= 11 is 0. The third-order valence-electron chi connectivity index (χ3n) is 3.01. The first-order valence-corrected chi connectivity index (χ1v) is 7.60. The van der Waals surface area contributed by atoms with Crippen LogP contribution in [0.15, 0.2) is 23.2 Å². The molecule has 1 aromatic heterocycles. The molecule has 0 spiro atoms. The van der Waals surface area contributed by atoms with Crippen LogP contribution in [0.3, 0.4) is 0 Å². The first-order valence-electron chi connectivity index (χ1n) is 6.11. The molecule has 0 radical (unpaired) electrons. The van der Waals surface area contributed by atoms with Crippen LogP contribution in [0.5, 0.6) is 0 Å². The maximum atomic E-state index is 12.1. The molecule has 1 aliphatic rings. The van der Waals surface area contributed by atoms with Gasteiger partial charge in [0.15, 0.2) is 0 Å². The Morgan fingerprint density at radius 3 is 2.74 bits per heavy atom. The highest BCUT2D eigenvalue weighted by Gasteiger charge is 2.33. The molecular formula is C11H18N4O3S. The zero-order valence-electron chi connectivity index (χ0n) is 10.7. The molecule has 1 fully saturated rings. The highest BCUT2D eigenvalue weighted by atomic mass is 32.2. The number of hydrazine groups is 1. The van der Waals surface area contributed by atoms with Gasteiger partial charge < -0.3 is 10.2 Å². The van der Waals surface area contributed by atoms with Crippen molar-refractivity contribution in [3.8, 4) is 0 Å². The van der Waals surface area contributed by atoms with Crippen molar-refractivity contribution in [3.05, 3.63) is 18.3 Å². The summed E-state index contributed by atoms with van der Waals surface area (Å²) in [4.78, 5) is 4.01. The average molecular weight is 286 g/mol. The zero-order chi connectivity index (χ0) is 13.9. The molecule has 1 aliphatic carbocycles. The number of hydrogen-bond acceptors (Lipinski definition) is 6. The molecule has 1 heterocycles. The number of aromatic nitrogens is 1. The summed E-state index contributed by atoms with van der Waals surface area (Å²) in [5, 5.41) is 0. The van der Waals surface area contributed by atoms with E-state index in [0.717, 1.165) is 0 Å². The number of ether oxygens (including phenoxy) is 1. The lowest BCUT2D eigenvalue weighted by atomic mass is 9.90. The Kier molecular flexibility index (Phi) is 4.35. The highest BCUT2D eigenvalue weighted by Crippen LogP contribution is 2.25. The van der Waals surface area contributed by atoms with Crippen molar-refractivity contribution in [1.29, 1.82) is 0 Å². The first-order chi connectivity index (χ1) is 9.05. The van der Waals surface area contributed by atoms with Crippen LogP contribution in [0.4, 0.5) is 5.82 Å². The molecular weight excluding hydrogens is 268 g/mol. The lowest BCUT2D eigenvalue weighted by Crippen LogP contribution is -2.47. The number of rotatable bonds is 6. The molecule has 1 aromatic rings. The van der Waals surface area contributed by atoms with Crippen LogP contribution in [0.25, 0.3) is 0 Å². The standard InChI is InChI=1S/C11H18N4O3S/c1-2-18-9-5-8(6-9)15-19(16,17)10-3-4-11(14-12)13-7-10/h3-4,7-9,15H,2,5-6,12H2,1H3,(H,13,14). The van der Waals surface area contributed by atoms with Gasteiger partial charge in [0.25, 0.3) is 0 Å². The topological polar surface area (TPSA) is 106 Å². The normalized spacial score (nSPS) is 22.8. The Bertz CT molecular complexity index is 511. The van der Waals surface area contributed by atoms with Crippen molar-refractivity contribution < 1.29 is 13.2 Å². The summed E-state index contributed by atoms with van der Waals surface area (Å²) in [7, 11) is -3.52. The second-order valence-electron chi connectivity index (χ2n) is 4.39. The Hall–Kier alpha value is -1.22. The second kappa shape index (κ2) is 5.83. The molecule has 4 N–H and O–H groups in total. The van der Waals surface area contributed by atoms with E-state index in [4.69, 9.17) is 10.6 Å². The van der Waals surface area contributed by atoms with E-state index < -0.39 is 10.0 Å². The molecule has 8 heteroatoms. The van der Waals surface area contributed by atoms with Crippen molar-refractivity contribution in [2.75, 3.05) is 12.0 Å². The number of nitrogens with one attached hydrogen (secondary N) is 2. The molecule has 1 saturated carbocycles. The van der Waals surface area contributed by atoms with Crippen LogP contribution in [-0.4, -0.2) is 32.2 Å². The number of anilines is 1. The Labute approximate surface area is 112 Å². The minimum absolute atomic E-state index is 0.0612. The number of sulfonamides is 1. The fourth-order valence-corrected chi connectivity index (χ4v) is 3.15. The van der Waals surface area contributed by atoms with Crippen molar-refractivity contribution in [2.45, 2.75) is 36.8 Å². The minimum Gasteiger partial charge on any atom is -0.378 e. The summed E-state index contributed by atoms with van der Waals surface area (Å²) in [6.45, 7) is 2.58. The van der Waals surface area contributed by atoms with Gasteiger partial charge in [-0.1, -0.05) is 0 Å². The molecule has 106 valence electrons. The molecule has 0 bridgehead atoms. The van der Waals surface area contributed by atoms with Crippen molar-refractivity contribution in [2.24, 2.45) is 5.84 Å². The van der Waals surface area contributed by atoms with Crippen molar-refractivity contribution >= 4 is 15.8 Å². The zero-order valence-corrected chi connectivity index (χ0v) is 11.5. The SMILES string of the molecule is CCOC1CC(NS(=O)(=O)c2ccc(NN)nc2)C1. The highest BCUT2D eigenvalue weighted by molar-refractivity contribution is 7.89. The monoisotopic (exact) mass is 286 g/mol. The molecule has 0 unspecified atom stereocenters. The second-order valence-corrected chi connectivity index (χ2v) is 6.10. The van der Waals surface area contributed by atoms with E-state index in [2.05, 4.69) is 15.1 Å². The number of nitrogens with two attached hydrogens (primary N) is 1. The Morgan fingerprint density at radius 2 is 2.21 bits per heavy atom. The van der Waals surface area contributed by atoms with Gasteiger partial charge in [-0.05, 0) is 31.9 Å². The van der Waals surface area contributed by atoms with Crippen molar-refractivity contribution in [3.63, 3.8) is 0 Å². The van der Waals surface area contributed by atoms with E-state index in [1.807, 2.05) is 6.92 Å². The molecule has 7 nitrogen and oxygen atoms in total. The van der Waals surface area contributed by atoms with Crippen molar-refractivity contribution in [1.82, 2.24) is 9.71 Å². The van der Waals surface area contributed by atoms with Gasteiger partial charge in [-0.2, -0.15) is 0 Å². The van der Waals surface area contributed by atoms with Crippen LogP contribution in [0.1, 0.15) is 19.8 Å².